The standard InChI is InChI=1S/C10H23NO/c1-8(2)9(3)7-11-6-5-10(4)12/h8-12H,5-7H2,1-4H3. The van der Waals surface area contributed by atoms with E-state index in [1.807, 2.05) is 6.92 Å². The Hall–Kier alpha value is -0.0800. The van der Waals surface area contributed by atoms with Crippen molar-refractivity contribution in [3.05, 3.63) is 0 Å². The molecule has 0 aromatic rings. The van der Waals surface area contributed by atoms with Crippen molar-refractivity contribution < 1.29 is 5.11 Å². The van der Waals surface area contributed by atoms with E-state index in [9.17, 15) is 0 Å². The Kier molecular flexibility index (Phi) is 6.39. The fourth-order valence-corrected chi connectivity index (χ4v) is 0.876. The van der Waals surface area contributed by atoms with E-state index in [0.717, 1.165) is 31.3 Å². The van der Waals surface area contributed by atoms with Crippen LogP contribution in [-0.2, 0) is 0 Å². The van der Waals surface area contributed by atoms with E-state index < -0.39 is 0 Å². The van der Waals surface area contributed by atoms with Crippen molar-refractivity contribution in [3.63, 3.8) is 0 Å². The molecule has 0 bridgehead atoms. The Morgan fingerprint density at radius 2 is 1.75 bits per heavy atom. The summed E-state index contributed by atoms with van der Waals surface area (Å²) in [5.74, 6) is 1.46. The molecule has 0 amide bonds. The van der Waals surface area contributed by atoms with Gasteiger partial charge in [0.2, 0.25) is 0 Å². The highest BCUT2D eigenvalue weighted by Crippen LogP contribution is 2.07. The zero-order chi connectivity index (χ0) is 9.56. The zero-order valence-electron chi connectivity index (χ0n) is 8.80. The number of rotatable bonds is 6. The Labute approximate surface area is 76.4 Å². The van der Waals surface area contributed by atoms with Gasteiger partial charge in [0.25, 0.3) is 0 Å². The van der Waals surface area contributed by atoms with Gasteiger partial charge in [0.05, 0.1) is 6.10 Å². The van der Waals surface area contributed by atoms with Crippen LogP contribution in [0.3, 0.4) is 0 Å². The van der Waals surface area contributed by atoms with Crippen LogP contribution in [0.5, 0.6) is 0 Å². The third kappa shape index (κ3) is 6.62. The van der Waals surface area contributed by atoms with E-state index in [0.29, 0.717) is 0 Å². The van der Waals surface area contributed by atoms with Gasteiger partial charge >= 0.3 is 0 Å². The van der Waals surface area contributed by atoms with E-state index >= 15 is 0 Å². The van der Waals surface area contributed by atoms with E-state index in [1.54, 1.807) is 0 Å². The molecular weight excluding hydrogens is 150 g/mol. The summed E-state index contributed by atoms with van der Waals surface area (Å²) >= 11 is 0. The van der Waals surface area contributed by atoms with Crippen LogP contribution in [0.15, 0.2) is 0 Å². The molecule has 0 saturated heterocycles. The van der Waals surface area contributed by atoms with E-state index in [1.165, 1.54) is 0 Å². The number of hydrogen-bond donors (Lipinski definition) is 2. The van der Waals surface area contributed by atoms with Crippen LogP contribution >= 0.6 is 0 Å². The summed E-state index contributed by atoms with van der Waals surface area (Å²) < 4.78 is 0. The molecule has 0 aromatic heterocycles. The highest BCUT2D eigenvalue weighted by molar-refractivity contribution is 4.61. The van der Waals surface area contributed by atoms with Crippen molar-refractivity contribution in [2.75, 3.05) is 13.1 Å². The van der Waals surface area contributed by atoms with Crippen LogP contribution in [0.1, 0.15) is 34.1 Å². The topological polar surface area (TPSA) is 32.3 Å². The molecule has 2 nitrogen and oxygen atoms in total. The third-order valence-electron chi connectivity index (χ3n) is 2.34. The lowest BCUT2D eigenvalue weighted by Crippen LogP contribution is -2.26. The largest absolute Gasteiger partial charge is 0.393 e. The summed E-state index contributed by atoms with van der Waals surface area (Å²) in [6.07, 6.45) is 0.678. The summed E-state index contributed by atoms with van der Waals surface area (Å²) in [5, 5.41) is 12.3. The number of aliphatic hydroxyl groups excluding tert-OH is 1. The Morgan fingerprint density at radius 3 is 2.17 bits per heavy atom. The lowest BCUT2D eigenvalue weighted by Gasteiger charge is -2.16. The summed E-state index contributed by atoms with van der Waals surface area (Å²) in [7, 11) is 0. The summed E-state index contributed by atoms with van der Waals surface area (Å²) in [4.78, 5) is 0. The molecular formula is C10H23NO. The fraction of sp³-hybridized carbons (Fsp3) is 1.00. The first-order valence-corrected chi connectivity index (χ1v) is 4.92. The number of aliphatic hydroxyl groups is 1. The van der Waals surface area contributed by atoms with Crippen LogP contribution in [0.25, 0.3) is 0 Å². The monoisotopic (exact) mass is 173 g/mol. The normalized spacial score (nSPS) is 16.5. The average Bonchev–Trinajstić information content (AvgIpc) is 1.97. The molecule has 2 atom stereocenters. The molecule has 0 spiro atoms. The maximum Gasteiger partial charge on any atom is 0.0524 e. The molecule has 2 unspecified atom stereocenters. The van der Waals surface area contributed by atoms with Crippen molar-refractivity contribution in [3.8, 4) is 0 Å². The predicted octanol–water partition coefficient (Wildman–Crippen LogP) is 1.64. The zero-order valence-corrected chi connectivity index (χ0v) is 8.80. The van der Waals surface area contributed by atoms with Gasteiger partial charge in [-0.15, -0.1) is 0 Å². The minimum absolute atomic E-state index is 0.174. The first kappa shape index (κ1) is 11.9. The first-order valence-electron chi connectivity index (χ1n) is 4.92. The van der Waals surface area contributed by atoms with Crippen molar-refractivity contribution in [1.29, 1.82) is 0 Å². The summed E-state index contributed by atoms with van der Waals surface area (Å²) in [6, 6.07) is 0. The fourth-order valence-electron chi connectivity index (χ4n) is 0.876. The molecule has 2 heteroatoms. The van der Waals surface area contributed by atoms with Gasteiger partial charge in [-0.05, 0) is 38.3 Å². The first-order chi connectivity index (χ1) is 5.54. The molecule has 0 radical (unpaired) electrons. The van der Waals surface area contributed by atoms with E-state index in [2.05, 4.69) is 26.1 Å². The van der Waals surface area contributed by atoms with Crippen LogP contribution in [0.2, 0.25) is 0 Å². The molecule has 0 aliphatic rings. The lowest BCUT2D eigenvalue weighted by molar-refractivity contribution is 0.182. The minimum atomic E-state index is -0.174. The van der Waals surface area contributed by atoms with Crippen LogP contribution in [0.4, 0.5) is 0 Å². The van der Waals surface area contributed by atoms with Crippen molar-refractivity contribution >= 4 is 0 Å². The van der Waals surface area contributed by atoms with Gasteiger partial charge in [-0.3, -0.25) is 0 Å². The van der Waals surface area contributed by atoms with Gasteiger partial charge < -0.3 is 10.4 Å². The number of hydrogen-bond acceptors (Lipinski definition) is 2. The summed E-state index contributed by atoms with van der Waals surface area (Å²) in [5.41, 5.74) is 0. The minimum Gasteiger partial charge on any atom is -0.393 e. The maximum atomic E-state index is 8.99. The molecule has 0 aliphatic carbocycles. The Morgan fingerprint density at radius 1 is 1.17 bits per heavy atom. The second kappa shape index (κ2) is 6.44. The Bertz CT molecular complexity index is 102. The second-order valence-corrected chi connectivity index (χ2v) is 4.06. The molecule has 0 heterocycles. The predicted molar refractivity (Wildman–Crippen MR) is 53.2 cm³/mol. The van der Waals surface area contributed by atoms with Gasteiger partial charge in [-0.1, -0.05) is 20.8 Å². The molecule has 0 aliphatic heterocycles. The van der Waals surface area contributed by atoms with Gasteiger partial charge in [-0.2, -0.15) is 0 Å². The van der Waals surface area contributed by atoms with Crippen molar-refractivity contribution in [1.82, 2.24) is 5.32 Å². The highest BCUT2D eigenvalue weighted by Gasteiger charge is 2.05. The second-order valence-electron chi connectivity index (χ2n) is 4.06. The van der Waals surface area contributed by atoms with Gasteiger partial charge in [0.15, 0.2) is 0 Å². The Balaban J connectivity index is 3.20. The van der Waals surface area contributed by atoms with Crippen molar-refractivity contribution in [2.45, 2.75) is 40.2 Å². The molecule has 74 valence electrons. The molecule has 2 N–H and O–H groups in total. The smallest absolute Gasteiger partial charge is 0.0524 e. The maximum absolute atomic E-state index is 8.99. The number of nitrogens with one attached hydrogen (secondary N) is 1. The molecule has 0 saturated carbocycles. The third-order valence-corrected chi connectivity index (χ3v) is 2.34. The van der Waals surface area contributed by atoms with E-state index in [4.69, 9.17) is 5.11 Å². The lowest BCUT2D eigenvalue weighted by atomic mass is 9.98. The highest BCUT2D eigenvalue weighted by atomic mass is 16.3. The van der Waals surface area contributed by atoms with Crippen LogP contribution < -0.4 is 5.32 Å². The SMILES string of the molecule is CC(O)CCNCC(C)C(C)C. The molecule has 0 rings (SSSR count). The molecule has 0 aromatic carbocycles. The van der Waals surface area contributed by atoms with Gasteiger partial charge in [-0.25, -0.2) is 0 Å². The van der Waals surface area contributed by atoms with Crippen molar-refractivity contribution in [2.24, 2.45) is 11.8 Å². The quantitative estimate of drug-likeness (QED) is 0.598. The van der Waals surface area contributed by atoms with Crippen LogP contribution in [-0.4, -0.2) is 24.3 Å². The average molecular weight is 173 g/mol. The van der Waals surface area contributed by atoms with Crippen LogP contribution in [0, 0.1) is 11.8 Å². The van der Waals surface area contributed by atoms with Gasteiger partial charge in [0.1, 0.15) is 0 Å². The summed E-state index contributed by atoms with van der Waals surface area (Å²) in [6.45, 7) is 10.5. The molecule has 12 heavy (non-hydrogen) atoms. The molecule has 0 fully saturated rings. The van der Waals surface area contributed by atoms with Gasteiger partial charge in [0, 0.05) is 0 Å². The van der Waals surface area contributed by atoms with E-state index in [-0.39, 0.29) is 6.10 Å².